The first-order chi connectivity index (χ1) is 17.3. The molecule has 2 amide bonds. The summed E-state index contributed by atoms with van der Waals surface area (Å²) in [6.07, 6.45) is 1.41. The summed E-state index contributed by atoms with van der Waals surface area (Å²) in [5.74, 6) is -0.427. The summed E-state index contributed by atoms with van der Waals surface area (Å²) in [7, 11) is 0. The van der Waals surface area contributed by atoms with Crippen LogP contribution in [0.5, 0.6) is 11.5 Å². The van der Waals surface area contributed by atoms with E-state index in [2.05, 4.69) is 10.6 Å². The fourth-order valence-electron chi connectivity index (χ4n) is 3.26. The Hall–Kier alpha value is -4.28. The van der Waals surface area contributed by atoms with Gasteiger partial charge in [-0.25, -0.2) is 0 Å². The molecule has 0 saturated carbocycles. The number of benzene rings is 3. The summed E-state index contributed by atoms with van der Waals surface area (Å²) in [5.41, 5.74) is 3.60. The number of carbonyl (C=O) groups is 2. The van der Waals surface area contributed by atoms with Gasteiger partial charge in [0.2, 0.25) is 0 Å². The molecular weight excluding hydrogens is 478 g/mol. The maximum atomic E-state index is 12.6. The predicted octanol–water partition coefficient (Wildman–Crippen LogP) is 5.92. The van der Waals surface area contributed by atoms with Gasteiger partial charge in [-0.2, -0.15) is 5.26 Å². The molecule has 7 nitrogen and oxygen atoms in total. The molecule has 0 spiro atoms. The van der Waals surface area contributed by atoms with Crippen LogP contribution in [-0.4, -0.2) is 25.0 Å². The number of nitrogens with zero attached hydrogens (tertiary/aromatic N) is 1. The normalized spacial score (nSPS) is 10.8. The second-order valence-electron chi connectivity index (χ2n) is 7.90. The van der Waals surface area contributed by atoms with Crippen molar-refractivity contribution >= 4 is 40.9 Å². The minimum atomic E-state index is -0.552. The molecule has 0 aliphatic rings. The van der Waals surface area contributed by atoms with Crippen molar-refractivity contribution in [2.75, 3.05) is 23.8 Å². The standard InChI is InChI=1S/C28H26ClN3O4/c1-4-35-25-15-20(13-21(16-30)28(34)31-22-11-9-18(2)10-12-22)14-23(29)27(25)36-17-26(33)32-24-8-6-5-7-19(24)3/h5-15H,4,17H2,1-3H3,(H,31,34)(H,32,33)/b21-13-. The Morgan fingerprint density at radius 2 is 1.75 bits per heavy atom. The van der Waals surface area contributed by atoms with E-state index in [1.807, 2.05) is 50.2 Å². The first kappa shape index (κ1) is 26.3. The average Bonchev–Trinajstić information content (AvgIpc) is 2.85. The zero-order valence-electron chi connectivity index (χ0n) is 20.2. The van der Waals surface area contributed by atoms with E-state index in [-0.39, 0.29) is 34.6 Å². The van der Waals surface area contributed by atoms with Crippen molar-refractivity contribution < 1.29 is 19.1 Å². The van der Waals surface area contributed by atoms with E-state index < -0.39 is 5.91 Å². The minimum Gasteiger partial charge on any atom is -0.490 e. The summed E-state index contributed by atoms with van der Waals surface area (Å²) >= 11 is 6.44. The SMILES string of the molecule is CCOc1cc(/C=C(/C#N)C(=O)Nc2ccc(C)cc2)cc(Cl)c1OCC(=O)Nc1ccccc1C. The van der Waals surface area contributed by atoms with Gasteiger partial charge < -0.3 is 20.1 Å². The van der Waals surface area contributed by atoms with E-state index in [4.69, 9.17) is 21.1 Å². The van der Waals surface area contributed by atoms with Crippen LogP contribution in [0.2, 0.25) is 5.02 Å². The van der Waals surface area contributed by atoms with E-state index in [0.29, 0.717) is 23.5 Å². The topological polar surface area (TPSA) is 100 Å². The van der Waals surface area contributed by atoms with Gasteiger partial charge in [-0.3, -0.25) is 9.59 Å². The molecule has 0 bridgehead atoms. The van der Waals surface area contributed by atoms with E-state index >= 15 is 0 Å². The Bertz CT molecular complexity index is 1330. The van der Waals surface area contributed by atoms with E-state index in [0.717, 1.165) is 11.1 Å². The number of amides is 2. The number of nitriles is 1. The third kappa shape index (κ3) is 7.11. The van der Waals surface area contributed by atoms with Crippen LogP contribution in [0.1, 0.15) is 23.6 Å². The number of rotatable bonds is 9. The third-order valence-corrected chi connectivity index (χ3v) is 5.36. The zero-order chi connectivity index (χ0) is 26.1. The number of ether oxygens (including phenoxy) is 2. The number of hydrogen-bond donors (Lipinski definition) is 2. The number of hydrogen-bond acceptors (Lipinski definition) is 5. The van der Waals surface area contributed by atoms with Crippen LogP contribution in [0.4, 0.5) is 11.4 Å². The van der Waals surface area contributed by atoms with Crippen molar-refractivity contribution in [3.63, 3.8) is 0 Å². The van der Waals surface area contributed by atoms with E-state index in [1.54, 1.807) is 31.2 Å². The molecular formula is C28H26ClN3O4. The number of carbonyl (C=O) groups excluding carboxylic acids is 2. The van der Waals surface area contributed by atoms with Gasteiger partial charge in [-0.1, -0.05) is 47.5 Å². The maximum absolute atomic E-state index is 12.6. The highest BCUT2D eigenvalue weighted by molar-refractivity contribution is 6.32. The molecule has 0 unspecified atom stereocenters. The van der Waals surface area contributed by atoms with Gasteiger partial charge in [-0.05, 0) is 68.3 Å². The predicted molar refractivity (Wildman–Crippen MR) is 141 cm³/mol. The average molecular weight is 504 g/mol. The molecule has 0 saturated heterocycles. The number of halogens is 1. The van der Waals surface area contributed by atoms with Crippen LogP contribution in [0.25, 0.3) is 6.08 Å². The van der Waals surface area contributed by atoms with Crippen LogP contribution in [-0.2, 0) is 9.59 Å². The molecule has 3 rings (SSSR count). The second kappa shape index (κ2) is 12.4. The second-order valence-corrected chi connectivity index (χ2v) is 8.31. The van der Waals surface area contributed by atoms with Crippen molar-refractivity contribution in [1.29, 1.82) is 5.26 Å². The molecule has 0 radical (unpaired) electrons. The molecule has 2 N–H and O–H groups in total. The Balaban J connectivity index is 1.77. The highest BCUT2D eigenvalue weighted by Crippen LogP contribution is 2.37. The van der Waals surface area contributed by atoms with Gasteiger partial charge in [0.15, 0.2) is 18.1 Å². The van der Waals surface area contributed by atoms with Crippen LogP contribution in [0, 0.1) is 25.2 Å². The van der Waals surface area contributed by atoms with Crippen LogP contribution < -0.4 is 20.1 Å². The maximum Gasteiger partial charge on any atom is 0.266 e. The Labute approximate surface area is 215 Å². The van der Waals surface area contributed by atoms with Crippen LogP contribution >= 0.6 is 11.6 Å². The first-order valence-corrected chi connectivity index (χ1v) is 11.6. The fourth-order valence-corrected chi connectivity index (χ4v) is 3.54. The number of nitrogens with one attached hydrogen (secondary N) is 2. The highest BCUT2D eigenvalue weighted by Gasteiger charge is 2.16. The third-order valence-electron chi connectivity index (χ3n) is 5.08. The number of aryl methyl sites for hydroxylation is 2. The van der Waals surface area contributed by atoms with Crippen molar-refractivity contribution in [2.45, 2.75) is 20.8 Å². The molecule has 3 aromatic rings. The largest absolute Gasteiger partial charge is 0.490 e. The van der Waals surface area contributed by atoms with Gasteiger partial charge in [0.25, 0.3) is 11.8 Å². The van der Waals surface area contributed by atoms with Gasteiger partial charge in [0.1, 0.15) is 11.6 Å². The first-order valence-electron chi connectivity index (χ1n) is 11.2. The summed E-state index contributed by atoms with van der Waals surface area (Å²) in [5, 5.41) is 15.2. The molecule has 8 heteroatoms. The quantitative estimate of drug-likeness (QED) is 0.279. The molecule has 0 aromatic heterocycles. The van der Waals surface area contributed by atoms with E-state index in [9.17, 15) is 14.9 Å². The van der Waals surface area contributed by atoms with Gasteiger partial charge in [-0.15, -0.1) is 0 Å². The molecule has 0 atom stereocenters. The smallest absolute Gasteiger partial charge is 0.266 e. The lowest BCUT2D eigenvalue weighted by Crippen LogP contribution is -2.21. The van der Waals surface area contributed by atoms with Crippen molar-refractivity contribution in [2.24, 2.45) is 0 Å². The van der Waals surface area contributed by atoms with Crippen LogP contribution in [0.3, 0.4) is 0 Å². The van der Waals surface area contributed by atoms with E-state index in [1.165, 1.54) is 12.1 Å². The molecule has 0 fully saturated rings. The lowest BCUT2D eigenvalue weighted by Gasteiger charge is -2.15. The number of para-hydroxylation sites is 1. The van der Waals surface area contributed by atoms with Crippen molar-refractivity contribution in [1.82, 2.24) is 0 Å². The Kier molecular flexibility index (Phi) is 9.09. The zero-order valence-corrected chi connectivity index (χ0v) is 21.0. The summed E-state index contributed by atoms with van der Waals surface area (Å²) in [6.45, 7) is 5.65. The van der Waals surface area contributed by atoms with Crippen LogP contribution in [0.15, 0.2) is 66.2 Å². The molecule has 3 aromatic carbocycles. The summed E-state index contributed by atoms with van der Waals surface area (Å²) in [6, 6.07) is 19.7. The monoisotopic (exact) mass is 503 g/mol. The van der Waals surface area contributed by atoms with Crippen molar-refractivity contribution in [3.05, 3.63) is 87.9 Å². The highest BCUT2D eigenvalue weighted by atomic mass is 35.5. The fraction of sp³-hybridized carbons (Fsp3) is 0.179. The number of anilines is 2. The summed E-state index contributed by atoms with van der Waals surface area (Å²) < 4.78 is 11.3. The summed E-state index contributed by atoms with van der Waals surface area (Å²) in [4.78, 5) is 25.0. The molecule has 184 valence electrons. The lowest BCUT2D eigenvalue weighted by molar-refractivity contribution is -0.118. The van der Waals surface area contributed by atoms with Gasteiger partial charge in [0, 0.05) is 11.4 Å². The van der Waals surface area contributed by atoms with Crippen molar-refractivity contribution in [3.8, 4) is 17.6 Å². The minimum absolute atomic E-state index is 0.111. The molecule has 0 heterocycles. The lowest BCUT2D eigenvalue weighted by atomic mass is 10.1. The van der Waals surface area contributed by atoms with Gasteiger partial charge >= 0.3 is 0 Å². The Morgan fingerprint density at radius 3 is 2.42 bits per heavy atom. The Morgan fingerprint density at radius 1 is 1.03 bits per heavy atom. The molecule has 0 aliphatic heterocycles. The van der Waals surface area contributed by atoms with Gasteiger partial charge in [0.05, 0.1) is 11.6 Å². The molecule has 36 heavy (non-hydrogen) atoms. The molecule has 0 aliphatic carbocycles.